The molecule has 0 atom stereocenters. The second-order valence-electron chi connectivity index (χ2n) is 5.52. The van der Waals surface area contributed by atoms with Crippen LogP contribution in [-0.2, 0) is 4.79 Å². The number of anilines is 2. The topological polar surface area (TPSA) is 77.8 Å². The van der Waals surface area contributed by atoms with Crippen molar-refractivity contribution in [2.75, 3.05) is 10.6 Å². The van der Waals surface area contributed by atoms with E-state index in [0.29, 0.717) is 5.69 Å². The van der Waals surface area contributed by atoms with Gasteiger partial charge in [-0.3, -0.25) is 9.78 Å². The first-order chi connectivity index (χ1) is 12.2. The molecule has 0 radical (unpaired) electrons. The molecule has 3 aromatic rings. The van der Waals surface area contributed by atoms with Crippen molar-refractivity contribution in [3.8, 4) is 6.07 Å². The van der Waals surface area contributed by atoms with E-state index in [1.54, 1.807) is 12.3 Å². The van der Waals surface area contributed by atoms with Crippen molar-refractivity contribution in [2.24, 2.45) is 0 Å². The van der Waals surface area contributed by atoms with Crippen molar-refractivity contribution >= 4 is 28.2 Å². The molecule has 122 valence electrons. The summed E-state index contributed by atoms with van der Waals surface area (Å²) in [5.41, 5.74) is 3.17. The Labute approximate surface area is 145 Å². The molecule has 3 rings (SSSR count). The lowest BCUT2D eigenvalue weighted by molar-refractivity contribution is -0.112. The molecule has 5 heteroatoms. The van der Waals surface area contributed by atoms with Gasteiger partial charge in [0, 0.05) is 23.5 Å². The van der Waals surface area contributed by atoms with E-state index in [1.165, 1.54) is 6.20 Å². The Bertz CT molecular complexity index is 996. The van der Waals surface area contributed by atoms with Crippen molar-refractivity contribution < 1.29 is 4.79 Å². The SMILES string of the molecule is Cc1cccc(NC(=O)/C(C#N)=C\Nc2cccc3cccnc23)c1. The van der Waals surface area contributed by atoms with Gasteiger partial charge in [0.2, 0.25) is 0 Å². The number of hydrogen-bond acceptors (Lipinski definition) is 4. The zero-order chi connectivity index (χ0) is 17.6. The summed E-state index contributed by atoms with van der Waals surface area (Å²) in [5, 5.41) is 16.0. The standard InChI is InChI=1S/C20H16N4O/c1-14-5-2-8-17(11-14)24-20(25)16(12-21)13-23-18-9-3-6-15-7-4-10-22-19(15)18/h2-11,13,23H,1H3,(H,24,25)/b16-13-. The highest BCUT2D eigenvalue weighted by molar-refractivity contribution is 6.07. The van der Waals surface area contributed by atoms with Crippen LogP contribution in [0.4, 0.5) is 11.4 Å². The predicted octanol–water partition coefficient (Wildman–Crippen LogP) is 4.00. The van der Waals surface area contributed by atoms with Crippen LogP contribution in [-0.4, -0.2) is 10.9 Å². The normalized spacial score (nSPS) is 11.0. The molecule has 0 fully saturated rings. The highest BCUT2D eigenvalue weighted by atomic mass is 16.1. The zero-order valence-corrected chi connectivity index (χ0v) is 13.7. The number of carbonyl (C=O) groups is 1. The van der Waals surface area contributed by atoms with Crippen molar-refractivity contribution in [1.82, 2.24) is 4.98 Å². The number of para-hydroxylation sites is 1. The van der Waals surface area contributed by atoms with Crippen molar-refractivity contribution in [3.63, 3.8) is 0 Å². The third-order valence-electron chi connectivity index (χ3n) is 3.65. The van der Waals surface area contributed by atoms with Crippen LogP contribution in [0.15, 0.2) is 72.6 Å². The van der Waals surface area contributed by atoms with Gasteiger partial charge in [0.15, 0.2) is 0 Å². The Balaban J connectivity index is 1.80. The second kappa shape index (κ2) is 7.28. The molecule has 0 aliphatic carbocycles. The van der Waals surface area contributed by atoms with E-state index in [-0.39, 0.29) is 5.57 Å². The molecule has 1 heterocycles. The van der Waals surface area contributed by atoms with Gasteiger partial charge in [0.25, 0.3) is 5.91 Å². The highest BCUT2D eigenvalue weighted by Gasteiger charge is 2.10. The fraction of sp³-hybridized carbons (Fsp3) is 0.0500. The molecule has 2 N–H and O–H groups in total. The Morgan fingerprint density at radius 1 is 1.16 bits per heavy atom. The molecule has 25 heavy (non-hydrogen) atoms. The Morgan fingerprint density at radius 3 is 2.76 bits per heavy atom. The molecule has 5 nitrogen and oxygen atoms in total. The zero-order valence-electron chi connectivity index (χ0n) is 13.7. The number of aryl methyl sites for hydroxylation is 1. The number of nitriles is 1. The molecule has 0 aliphatic rings. The number of aromatic nitrogens is 1. The number of nitrogens with zero attached hydrogens (tertiary/aromatic N) is 2. The summed E-state index contributed by atoms with van der Waals surface area (Å²) >= 11 is 0. The van der Waals surface area contributed by atoms with Gasteiger partial charge >= 0.3 is 0 Å². The van der Waals surface area contributed by atoms with E-state index in [1.807, 2.05) is 61.5 Å². The number of carbonyl (C=O) groups excluding carboxylic acids is 1. The maximum absolute atomic E-state index is 12.3. The minimum atomic E-state index is -0.464. The Kier molecular flexibility index (Phi) is 4.72. The van der Waals surface area contributed by atoms with Gasteiger partial charge in [-0.15, -0.1) is 0 Å². The van der Waals surface area contributed by atoms with Crippen LogP contribution < -0.4 is 10.6 Å². The van der Waals surface area contributed by atoms with Crippen molar-refractivity contribution in [1.29, 1.82) is 5.26 Å². The lowest BCUT2D eigenvalue weighted by Gasteiger charge is -2.07. The maximum Gasteiger partial charge on any atom is 0.267 e. The summed E-state index contributed by atoms with van der Waals surface area (Å²) < 4.78 is 0. The van der Waals surface area contributed by atoms with Gasteiger partial charge < -0.3 is 10.6 Å². The molecule has 0 bridgehead atoms. The van der Waals surface area contributed by atoms with Gasteiger partial charge in [-0.05, 0) is 36.8 Å². The average Bonchev–Trinajstić information content (AvgIpc) is 2.62. The van der Waals surface area contributed by atoms with Crippen LogP contribution in [0, 0.1) is 18.3 Å². The van der Waals surface area contributed by atoms with E-state index < -0.39 is 5.91 Å². The van der Waals surface area contributed by atoms with Gasteiger partial charge in [-0.1, -0.05) is 30.3 Å². The fourth-order valence-corrected chi connectivity index (χ4v) is 2.44. The lowest BCUT2D eigenvalue weighted by atomic mass is 10.2. The van der Waals surface area contributed by atoms with Crippen LogP contribution in [0.25, 0.3) is 10.9 Å². The van der Waals surface area contributed by atoms with Crippen LogP contribution in [0.5, 0.6) is 0 Å². The van der Waals surface area contributed by atoms with E-state index in [4.69, 9.17) is 0 Å². The second-order valence-corrected chi connectivity index (χ2v) is 5.52. The van der Waals surface area contributed by atoms with Crippen LogP contribution >= 0.6 is 0 Å². The van der Waals surface area contributed by atoms with E-state index >= 15 is 0 Å². The van der Waals surface area contributed by atoms with Gasteiger partial charge in [-0.2, -0.15) is 5.26 Å². The molecule has 0 saturated heterocycles. The highest BCUT2D eigenvalue weighted by Crippen LogP contribution is 2.21. The monoisotopic (exact) mass is 328 g/mol. The molecular formula is C20H16N4O. The number of pyridine rings is 1. The van der Waals surface area contributed by atoms with E-state index in [2.05, 4.69) is 15.6 Å². The third-order valence-corrected chi connectivity index (χ3v) is 3.65. The number of hydrogen-bond donors (Lipinski definition) is 2. The number of amides is 1. The largest absolute Gasteiger partial charge is 0.358 e. The van der Waals surface area contributed by atoms with E-state index in [9.17, 15) is 10.1 Å². The minimum absolute atomic E-state index is 0.0190. The van der Waals surface area contributed by atoms with Crippen LogP contribution in [0.3, 0.4) is 0 Å². The lowest BCUT2D eigenvalue weighted by Crippen LogP contribution is -2.14. The van der Waals surface area contributed by atoms with Crippen molar-refractivity contribution in [2.45, 2.75) is 6.92 Å². The number of fused-ring (bicyclic) bond motifs is 1. The van der Waals surface area contributed by atoms with E-state index in [0.717, 1.165) is 22.2 Å². The summed E-state index contributed by atoms with van der Waals surface area (Å²) in [6, 6.07) is 18.8. The molecule has 2 aromatic carbocycles. The number of nitrogens with one attached hydrogen (secondary N) is 2. The molecule has 0 aliphatic heterocycles. The molecule has 1 amide bonds. The van der Waals surface area contributed by atoms with Crippen LogP contribution in [0.2, 0.25) is 0 Å². The molecule has 0 saturated carbocycles. The van der Waals surface area contributed by atoms with Gasteiger partial charge in [0.05, 0.1) is 11.2 Å². The third kappa shape index (κ3) is 3.82. The smallest absolute Gasteiger partial charge is 0.267 e. The Hall–Kier alpha value is -3.65. The maximum atomic E-state index is 12.3. The number of benzene rings is 2. The quantitative estimate of drug-likeness (QED) is 0.560. The van der Waals surface area contributed by atoms with Crippen molar-refractivity contribution in [3.05, 3.63) is 78.1 Å². The minimum Gasteiger partial charge on any atom is -0.358 e. The van der Waals surface area contributed by atoms with Crippen LogP contribution in [0.1, 0.15) is 5.56 Å². The average molecular weight is 328 g/mol. The summed E-state index contributed by atoms with van der Waals surface area (Å²) in [7, 11) is 0. The van der Waals surface area contributed by atoms with Gasteiger partial charge in [0.1, 0.15) is 11.6 Å². The summed E-state index contributed by atoms with van der Waals surface area (Å²) in [5.74, 6) is -0.464. The predicted molar refractivity (Wildman–Crippen MR) is 98.9 cm³/mol. The number of rotatable bonds is 4. The van der Waals surface area contributed by atoms with Gasteiger partial charge in [-0.25, -0.2) is 0 Å². The molecular weight excluding hydrogens is 312 g/mol. The molecule has 1 aromatic heterocycles. The molecule has 0 unspecified atom stereocenters. The Morgan fingerprint density at radius 2 is 1.96 bits per heavy atom. The first-order valence-corrected chi connectivity index (χ1v) is 7.76. The summed E-state index contributed by atoms with van der Waals surface area (Å²) in [6.07, 6.45) is 3.10. The molecule has 0 spiro atoms. The first-order valence-electron chi connectivity index (χ1n) is 7.76. The summed E-state index contributed by atoms with van der Waals surface area (Å²) in [6.45, 7) is 1.94. The fourth-order valence-electron chi connectivity index (χ4n) is 2.44. The first kappa shape index (κ1) is 16.2. The summed E-state index contributed by atoms with van der Waals surface area (Å²) in [4.78, 5) is 16.6.